The average molecular weight is 262 g/mol. The van der Waals surface area contributed by atoms with Gasteiger partial charge in [-0.15, -0.1) is 0 Å². The number of nitrogens with zero attached hydrogens (tertiary/aromatic N) is 3. The smallest absolute Gasteiger partial charge is 0.372 e. The van der Waals surface area contributed by atoms with Crippen LogP contribution in [0.3, 0.4) is 0 Å². The molecule has 19 heavy (non-hydrogen) atoms. The maximum atomic E-state index is 10.9. The second-order valence-electron chi connectivity index (χ2n) is 3.42. The predicted molar refractivity (Wildman–Crippen MR) is 66.2 cm³/mol. The SMILES string of the molecule is COc1ccccc1Oc1ncnc(N)c1[N+](=O)[O-]. The fourth-order valence-corrected chi connectivity index (χ4v) is 1.43. The van der Waals surface area contributed by atoms with Gasteiger partial charge in [0, 0.05) is 0 Å². The van der Waals surface area contributed by atoms with Gasteiger partial charge < -0.3 is 15.2 Å². The van der Waals surface area contributed by atoms with E-state index in [2.05, 4.69) is 9.97 Å². The van der Waals surface area contributed by atoms with Gasteiger partial charge in [-0.1, -0.05) is 12.1 Å². The van der Waals surface area contributed by atoms with Gasteiger partial charge in [0.05, 0.1) is 12.0 Å². The van der Waals surface area contributed by atoms with E-state index < -0.39 is 10.6 Å². The lowest BCUT2D eigenvalue weighted by Gasteiger charge is -2.09. The lowest BCUT2D eigenvalue weighted by Crippen LogP contribution is -2.03. The minimum Gasteiger partial charge on any atom is -0.493 e. The topological polar surface area (TPSA) is 113 Å². The molecular weight excluding hydrogens is 252 g/mol. The quantitative estimate of drug-likeness (QED) is 0.659. The van der Waals surface area contributed by atoms with Crippen LogP contribution in [0.2, 0.25) is 0 Å². The molecular formula is C11H10N4O4. The molecule has 1 aromatic carbocycles. The summed E-state index contributed by atoms with van der Waals surface area (Å²) in [5, 5.41) is 10.9. The number of hydrogen-bond acceptors (Lipinski definition) is 7. The van der Waals surface area contributed by atoms with Crippen molar-refractivity contribution in [2.24, 2.45) is 0 Å². The third-order valence-corrected chi connectivity index (χ3v) is 2.28. The van der Waals surface area contributed by atoms with Crippen molar-refractivity contribution in [3.05, 3.63) is 40.7 Å². The lowest BCUT2D eigenvalue weighted by atomic mass is 10.3. The second kappa shape index (κ2) is 5.17. The third-order valence-electron chi connectivity index (χ3n) is 2.28. The number of methoxy groups -OCH3 is 1. The maximum absolute atomic E-state index is 10.9. The van der Waals surface area contributed by atoms with Gasteiger partial charge in [-0.25, -0.2) is 4.98 Å². The normalized spacial score (nSPS) is 9.95. The molecule has 0 atom stereocenters. The molecule has 0 unspecified atom stereocenters. The molecule has 0 fully saturated rings. The fourth-order valence-electron chi connectivity index (χ4n) is 1.43. The zero-order valence-electron chi connectivity index (χ0n) is 9.94. The van der Waals surface area contributed by atoms with Crippen molar-refractivity contribution in [3.63, 3.8) is 0 Å². The number of ether oxygens (including phenoxy) is 2. The first-order valence-electron chi connectivity index (χ1n) is 5.19. The molecule has 0 amide bonds. The van der Waals surface area contributed by atoms with Crippen LogP contribution >= 0.6 is 0 Å². The Bertz CT molecular complexity index is 617. The molecule has 0 radical (unpaired) electrons. The van der Waals surface area contributed by atoms with E-state index in [9.17, 15) is 10.1 Å². The third kappa shape index (κ3) is 2.51. The monoisotopic (exact) mass is 262 g/mol. The van der Waals surface area contributed by atoms with Crippen molar-refractivity contribution in [1.82, 2.24) is 9.97 Å². The van der Waals surface area contributed by atoms with Gasteiger partial charge in [0.1, 0.15) is 6.33 Å². The maximum Gasteiger partial charge on any atom is 0.372 e. The highest BCUT2D eigenvalue weighted by Crippen LogP contribution is 2.36. The van der Waals surface area contributed by atoms with Gasteiger partial charge in [-0.2, -0.15) is 4.98 Å². The molecule has 0 saturated heterocycles. The van der Waals surface area contributed by atoms with Crippen molar-refractivity contribution in [2.75, 3.05) is 12.8 Å². The van der Waals surface area contributed by atoms with Crippen LogP contribution in [0.4, 0.5) is 11.5 Å². The molecule has 8 heteroatoms. The summed E-state index contributed by atoms with van der Waals surface area (Å²) in [6.45, 7) is 0. The van der Waals surface area contributed by atoms with E-state index in [0.29, 0.717) is 11.5 Å². The first-order valence-corrected chi connectivity index (χ1v) is 5.19. The average Bonchev–Trinajstić information content (AvgIpc) is 2.39. The Labute approximate surface area is 108 Å². The van der Waals surface area contributed by atoms with Crippen molar-refractivity contribution in [3.8, 4) is 17.4 Å². The predicted octanol–water partition coefficient (Wildman–Crippen LogP) is 1.77. The molecule has 98 valence electrons. The first kappa shape index (κ1) is 12.6. The largest absolute Gasteiger partial charge is 0.493 e. The van der Waals surface area contributed by atoms with E-state index >= 15 is 0 Å². The van der Waals surface area contributed by atoms with Gasteiger partial charge in [-0.3, -0.25) is 10.1 Å². The molecule has 0 bridgehead atoms. The van der Waals surface area contributed by atoms with Crippen molar-refractivity contribution in [1.29, 1.82) is 0 Å². The summed E-state index contributed by atoms with van der Waals surface area (Å²) in [7, 11) is 1.46. The van der Waals surface area contributed by atoms with Crippen LogP contribution < -0.4 is 15.2 Å². The van der Waals surface area contributed by atoms with Gasteiger partial charge in [0.2, 0.25) is 5.82 Å². The van der Waals surface area contributed by atoms with Gasteiger partial charge in [0.25, 0.3) is 0 Å². The lowest BCUT2D eigenvalue weighted by molar-refractivity contribution is -0.385. The van der Waals surface area contributed by atoms with Crippen LogP contribution in [0.5, 0.6) is 17.4 Å². The van der Waals surface area contributed by atoms with Crippen LogP contribution in [0.25, 0.3) is 0 Å². The highest BCUT2D eigenvalue weighted by molar-refractivity contribution is 5.59. The molecule has 2 N–H and O–H groups in total. The summed E-state index contributed by atoms with van der Waals surface area (Å²) in [4.78, 5) is 17.5. The number of rotatable bonds is 4. The number of benzene rings is 1. The van der Waals surface area contributed by atoms with E-state index in [1.54, 1.807) is 24.3 Å². The van der Waals surface area contributed by atoms with E-state index in [1.807, 2.05) is 0 Å². The first-order chi connectivity index (χ1) is 9.13. The van der Waals surface area contributed by atoms with Crippen molar-refractivity contribution < 1.29 is 14.4 Å². The van der Waals surface area contributed by atoms with Crippen LogP contribution in [-0.2, 0) is 0 Å². The molecule has 0 aliphatic heterocycles. The van der Waals surface area contributed by atoms with Crippen LogP contribution in [0.1, 0.15) is 0 Å². The number of para-hydroxylation sites is 2. The minimum absolute atomic E-state index is 0.234. The summed E-state index contributed by atoms with van der Waals surface area (Å²) >= 11 is 0. The second-order valence-corrected chi connectivity index (χ2v) is 3.42. The Balaban J connectivity index is 2.44. The Kier molecular flexibility index (Phi) is 3.42. The van der Waals surface area contributed by atoms with E-state index in [1.165, 1.54) is 7.11 Å². The number of nitrogens with two attached hydrogens (primary N) is 1. The van der Waals surface area contributed by atoms with Crippen LogP contribution in [0.15, 0.2) is 30.6 Å². The molecule has 0 saturated carbocycles. The summed E-state index contributed by atoms with van der Waals surface area (Å²) < 4.78 is 10.5. The highest BCUT2D eigenvalue weighted by atomic mass is 16.6. The summed E-state index contributed by atoms with van der Waals surface area (Å²) in [5.41, 5.74) is 4.96. The van der Waals surface area contributed by atoms with E-state index in [0.717, 1.165) is 6.33 Å². The number of hydrogen-bond donors (Lipinski definition) is 1. The minimum atomic E-state index is -0.694. The van der Waals surface area contributed by atoms with Crippen LogP contribution in [-0.4, -0.2) is 22.0 Å². The molecule has 0 spiro atoms. The van der Waals surface area contributed by atoms with Gasteiger partial charge in [0.15, 0.2) is 11.5 Å². The van der Waals surface area contributed by atoms with E-state index in [4.69, 9.17) is 15.2 Å². The zero-order valence-corrected chi connectivity index (χ0v) is 9.94. The molecule has 8 nitrogen and oxygen atoms in total. The van der Waals surface area contributed by atoms with Crippen LogP contribution in [0, 0.1) is 10.1 Å². The van der Waals surface area contributed by atoms with E-state index in [-0.39, 0.29) is 11.7 Å². The standard InChI is InChI=1S/C11H10N4O4/c1-18-7-4-2-3-5-8(7)19-11-9(15(16)17)10(12)13-6-14-11/h2-6H,1H3,(H2,12,13,14). The number of aromatic nitrogens is 2. The Morgan fingerprint density at radius 2 is 1.95 bits per heavy atom. The Morgan fingerprint density at radius 3 is 2.58 bits per heavy atom. The number of nitrogen functional groups attached to an aromatic ring is 1. The molecule has 1 aromatic heterocycles. The molecule has 1 heterocycles. The van der Waals surface area contributed by atoms with Gasteiger partial charge >= 0.3 is 11.6 Å². The fraction of sp³-hybridized carbons (Fsp3) is 0.0909. The molecule has 0 aliphatic rings. The zero-order chi connectivity index (χ0) is 13.8. The molecule has 2 aromatic rings. The summed E-state index contributed by atoms with van der Waals surface area (Å²) in [6, 6.07) is 6.70. The molecule has 0 aliphatic carbocycles. The summed E-state index contributed by atoms with van der Waals surface area (Å²) in [5.74, 6) is 0.229. The summed E-state index contributed by atoms with van der Waals surface area (Å²) in [6.07, 6.45) is 1.09. The Morgan fingerprint density at radius 1 is 1.26 bits per heavy atom. The number of anilines is 1. The molecule has 2 rings (SSSR count). The van der Waals surface area contributed by atoms with Gasteiger partial charge in [-0.05, 0) is 12.1 Å². The Hall–Kier alpha value is -2.90. The van der Waals surface area contributed by atoms with Crippen molar-refractivity contribution >= 4 is 11.5 Å². The van der Waals surface area contributed by atoms with Crippen molar-refractivity contribution in [2.45, 2.75) is 0 Å². The highest BCUT2D eigenvalue weighted by Gasteiger charge is 2.23. The number of nitro groups is 1.